The molecule has 1 atom stereocenters. The van der Waals surface area contributed by atoms with Crippen LogP contribution in [0.2, 0.25) is 0 Å². The summed E-state index contributed by atoms with van der Waals surface area (Å²) in [5.41, 5.74) is 1.01. The molecular weight excluding hydrogens is 236 g/mol. The predicted octanol–water partition coefficient (Wildman–Crippen LogP) is 3.21. The number of ether oxygens (including phenoxy) is 1. The Morgan fingerprint density at radius 3 is 2.56 bits per heavy atom. The van der Waals surface area contributed by atoms with Crippen LogP contribution in [0.15, 0.2) is 30.4 Å². The van der Waals surface area contributed by atoms with Crippen molar-refractivity contribution in [1.82, 2.24) is 5.32 Å². The number of halogens is 2. The molecule has 18 heavy (non-hydrogen) atoms. The maximum atomic E-state index is 13.5. The molecule has 0 radical (unpaired) electrons. The Kier molecular flexibility index (Phi) is 5.95. The largest absolute Gasteiger partial charge is 0.376 e. The molecule has 0 saturated heterocycles. The van der Waals surface area contributed by atoms with Gasteiger partial charge in [0.05, 0.1) is 13.2 Å². The van der Waals surface area contributed by atoms with Crippen LogP contribution in [0.5, 0.6) is 0 Å². The summed E-state index contributed by atoms with van der Waals surface area (Å²) in [6.07, 6.45) is 0. The van der Waals surface area contributed by atoms with Crippen LogP contribution in [0.1, 0.15) is 25.5 Å². The van der Waals surface area contributed by atoms with Crippen molar-refractivity contribution in [3.8, 4) is 0 Å². The number of nitrogens with one attached hydrogen (secondary N) is 1. The van der Waals surface area contributed by atoms with Gasteiger partial charge in [0.2, 0.25) is 0 Å². The fraction of sp³-hybridized carbons (Fsp3) is 0.429. The molecule has 0 aromatic heterocycles. The average molecular weight is 255 g/mol. The topological polar surface area (TPSA) is 21.3 Å². The maximum Gasteiger partial charge on any atom is 0.130 e. The van der Waals surface area contributed by atoms with Crippen molar-refractivity contribution in [3.05, 3.63) is 47.5 Å². The molecule has 1 unspecified atom stereocenters. The number of hydrogen-bond donors (Lipinski definition) is 1. The van der Waals surface area contributed by atoms with E-state index in [1.807, 2.05) is 6.92 Å². The number of hydrogen-bond acceptors (Lipinski definition) is 2. The van der Waals surface area contributed by atoms with Crippen molar-refractivity contribution >= 4 is 0 Å². The molecule has 0 spiro atoms. The van der Waals surface area contributed by atoms with Gasteiger partial charge in [-0.15, -0.1) is 0 Å². The SMILES string of the molecule is C=C(C)COCCNC(C)c1c(F)cccc1F. The third-order valence-electron chi connectivity index (χ3n) is 2.48. The summed E-state index contributed by atoms with van der Waals surface area (Å²) in [5.74, 6) is -1.06. The fourth-order valence-corrected chi connectivity index (χ4v) is 1.62. The molecule has 1 aromatic carbocycles. The summed E-state index contributed by atoms with van der Waals surface area (Å²) >= 11 is 0. The third-order valence-corrected chi connectivity index (χ3v) is 2.48. The molecule has 4 heteroatoms. The van der Waals surface area contributed by atoms with Crippen LogP contribution in [-0.2, 0) is 4.74 Å². The van der Waals surface area contributed by atoms with Crippen molar-refractivity contribution < 1.29 is 13.5 Å². The lowest BCUT2D eigenvalue weighted by Gasteiger charge is -2.15. The molecule has 2 nitrogen and oxygen atoms in total. The molecule has 1 aromatic rings. The monoisotopic (exact) mass is 255 g/mol. The van der Waals surface area contributed by atoms with Crippen LogP contribution in [0, 0.1) is 11.6 Å². The second kappa shape index (κ2) is 7.24. The smallest absolute Gasteiger partial charge is 0.130 e. The molecule has 0 aliphatic rings. The van der Waals surface area contributed by atoms with Crippen molar-refractivity contribution in [3.63, 3.8) is 0 Å². The van der Waals surface area contributed by atoms with E-state index in [4.69, 9.17) is 4.74 Å². The maximum absolute atomic E-state index is 13.5. The van der Waals surface area contributed by atoms with Crippen molar-refractivity contribution in [2.75, 3.05) is 19.8 Å². The van der Waals surface area contributed by atoms with E-state index in [-0.39, 0.29) is 11.6 Å². The lowest BCUT2D eigenvalue weighted by Crippen LogP contribution is -2.25. The van der Waals surface area contributed by atoms with Gasteiger partial charge in [-0.1, -0.05) is 18.2 Å². The van der Waals surface area contributed by atoms with E-state index >= 15 is 0 Å². The zero-order valence-electron chi connectivity index (χ0n) is 10.8. The van der Waals surface area contributed by atoms with Crippen LogP contribution >= 0.6 is 0 Å². The standard InChI is InChI=1S/C14H19F2NO/c1-10(2)9-18-8-7-17-11(3)14-12(15)5-4-6-13(14)16/h4-6,11,17H,1,7-9H2,2-3H3. The Hall–Kier alpha value is -1.26. The number of rotatable bonds is 7. The predicted molar refractivity (Wildman–Crippen MR) is 68.4 cm³/mol. The minimum Gasteiger partial charge on any atom is -0.376 e. The fourth-order valence-electron chi connectivity index (χ4n) is 1.62. The van der Waals surface area contributed by atoms with Gasteiger partial charge in [0, 0.05) is 18.2 Å². The van der Waals surface area contributed by atoms with Gasteiger partial charge < -0.3 is 10.1 Å². The Labute approximate surface area is 107 Å². The Morgan fingerprint density at radius 1 is 1.39 bits per heavy atom. The summed E-state index contributed by atoms with van der Waals surface area (Å²) in [5, 5.41) is 3.02. The first-order valence-electron chi connectivity index (χ1n) is 5.91. The molecular formula is C14H19F2NO. The molecule has 0 heterocycles. The van der Waals surface area contributed by atoms with Crippen LogP contribution in [0.25, 0.3) is 0 Å². The minimum absolute atomic E-state index is 0.0670. The quantitative estimate of drug-likeness (QED) is 0.596. The molecule has 1 rings (SSSR count). The highest BCUT2D eigenvalue weighted by molar-refractivity contribution is 5.22. The van der Waals surface area contributed by atoms with Crippen LogP contribution < -0.4 is 5.32 Å². The zero-order chi connectivity index (χ0) is 13.5. The molecule has 0 fully saturated rings. The van der Waals surface area contributed by atoms with Gasteiger partial charge in [0.25, 0.3) is 0 Å². The molecule has 0 amide bonds. The van der Waals surface area contributed by atoms with E-state index in [1.165, 1.54) is 18.2 Å². The second-order valence-corrected chi connectivity index (χ2v) is 4.32. The van der Waals surface area contributed by atoms with E-state index < -0.39 is 11.6 Å². The Balaban J connectivity index is 2.41. The second-order valence-electron chi connectivity index (χ2n) is 4.32. The molecule has 0 saturated carbocycles. The van der Waals surface area contributed by atoms with E-state index in [2.05, 4.69) is 11.9 Å². The first-order valence-corrected chi connectivity index (χ1v) is 5.91. The van der Waals surface area contributed by atoms with E-state index in [1.54, 1.807) is 6.92 Å². The molecule has 100 valence electrons. The molecule has 1 N–H and O–H groups in total. The molecule has 0 aliphatic heterocycles. The lowest BCUT2D eigenvalue weighted by molar-refractivity contribution is 0.155. The van der Waals surface area contributed by atoms with Gasteiger partial charge in [-0.05, 0) is 26.0 Å². The Bertz CT molecular complexity index is 387. The highest BCUT2D eigenvalue weighted by Crippen LogP contribution is 2.19. The van der Waals surface area contributed by atoms with Crippen LogP contribution in [-0.4, -0.2) is 19.8 Å². The first-order chi connectivity index (χ1) is 8.52. The van der Waals surface area contributed by atoms with Gasteiger partial charge >= 0.3 is 0 Å². The highest BCUT2D eigenvalue weighted by atomic mass is 19.1. The van der Waals surface area contributed by atoms with Gasteiger partial charge in [0.1, 0.15) is 11.6 Å². The summed E-state index contributed by atoms with van der Waals surface area (Å²) in [6.45, 7) is 8.83. The third kappa shape index (κ3) is 4.55. The minimum atomic E-state index is -0.530. The first kappa shape index (κ1) is 14.8. The van der Waals surface area contributed by atoms with Crippen LogP contribution in [0.4, 0.5) is 8.78 Å². The lowest BCUT2D eigenvalue weighted by atomic mass is 10.1. The Morgan fingerprint density at radius 2 is 2.00 bits per heavy atom. The number of benzene rings is 1. The van der Waals surface area contributed by atoms with Crippen LogP contribution in [0.3, 0.4) is 0 Å². The van der Waals surface area contributed by atoms with Crippen molar-refractivity contribution in [2.24, 2.45) is 0 Å². The zero-order valence-corrected chi connectivity index (χ0v) is 10.8. The van der Waals surface area contributed by atoms with Crippen molar-refractivity contribution in [1.29, 1.82) is 0 Å². The van der Waals surface area contributed by atoms with E-state index in [9.17, 15) is 8.78 Å². The normalized spacial score (nSPS) is 12.4. The highest BCUT2D eigenvalue weighted by Gasteiger charge is 2.14. The summed E-state index contributed by atoms with van der Waals surface area (Å²) in [6, 6.07) is 3.48. The summed E-state index contributed by atoms with van der Waals surface area (Å²) < 4.78 is 32.2. The van der Waals surface area contributed by atoms with Crippen molar-refractivity contribution in [2.45, 2.75) is 19.9 Å². The van der Waals surface area contributed by atoms with E-state index in [0.29, 0.717) is 19.8 Å². The van der Waals surface area contributed by atoms with Gasteiger partial charge in [-0.3, -0.25) is 0 Å². The molecule has 0 bridgehead atoms. The summed E-state index contributed by atoms with van der Waals surface area (Å²) in [7, 11) is 0. The van der Waals surface area contributed by atoms with Gasteiger partial charge in [-0.2, -0.15) is 0 Å². The van der Waals surface area contributed by atoms with Gasteiger partial charge in [-0.25, -0.2) is 8.78 Å². The average Bonchev–Trinajstić information content (AvgIpc) is 2.27. The molecule has 0 aliphatic carbocycles. The van der Waals surface area contributed by atoms with E-state index in [0.717, 1.165) is 5.57 Å². The summed E-state index contributed by atoms with van der Waals surface area (Å²) in [4.78, 5) is 0. The van der Waals surface area contributed by atoms with Gasteiger partial charge in [0.15, 0.2) is 0 Å².